The molecule has 0 atom stereocenters. The van der Waals surface area contributed by atoms with Crippen LogP contribution in [0.25, 0.3) is 0 Å². The average molecular weight is 168 g/mol. The molecule has 0 radical (unpaired) electrons. The minimum Gasteiger partial charge on any atom is -0.107 e. The first-order valence-corrected chi connectivity index (χ1v) is 7.44. The molecule has 0 aromatic heterocycles. The van der Waals surface area contributed by atoms with Crippen molar-refractivity contribution in [3.05, 3.63) is 24.1 Å². The van der Waals surface area contributed by atoms with Crippen LogP contribution in [0.15, 0.2) is 24.1 Å². The summed E-state index contributed by atoms with van der Waals surface area (Å²) in [6, 6.07) is 0. The van der Waals surface area contributed by atoms with Gasteiger partial charge in [-0.05, 0) is 6.42 Å². The molecule has 0 aromatic carbocycles. The molecule has 0 N–H and O–H groups in total. The Kier molecular flexibility index (Phi) is 4.42. The van der Waals surface area contributed by atoms with Crippen molar-refractivity contribution in [3.8, 4) is 0 Å². The molecule has 0 amide bonds. The monoisotopic (exact) mass is 168 g/mol. The lowest BCUT2D eigenvalue weighted by molar-refractivity contribution is 0.805. The highest BCUT2D eigenvalue weighted by Crippen LogP contribution is 2.19. The zero-order valence-electron chi connectivity index (χ0n) is 8.11. The van der Waals surface area contributed by atoms with Gasteiger partial charge in [-0.2, -0.15) is 0 Å². The van der Waals surface area contributed by atoms with Crippen LogP contribution in [0.4, 0.5) is 0 Å². The van der Waals surface area contributed by atoms with Crippen molar-refractivity contribution in [3.63, 3.8) is 0 Å². The Bertz CT molecular complexity index is 145. The van der Waals surface area contributed by atoms with Gasteiger partial charge in [0.05, 0.1) is 8.07 Å². The van der Waals surface area contributed by atoms with E-state index in [1.54, 1.807) is 0 Å². The maximum Gasteiger partial charge on any atom is 0.0976 e. The van der Waals surface area contributed by atoms with Crippen LogP contribution < -0.4 is 0 Å². The lowest BCUT2D eigenvalue weighted by Gasteiger charge is -2.20. The van der Waals surface area contributed by atoms with E-state index in [0.717, 1.165) is 0 Å². The molecule has 0 saturated carbocycles. The van der Waals surface area contributed by atoms with E-state index in [2.05, 4.69) is 38.9 Å². The van der Waals surface area contributed by atoms with Crippen molar-refractivity contribution in [1.82, 2.24) is 0 Å². The van der Waals surface area contributed by atoms with Gasteiger partial charge >= 0.3 is 0 Å². The first-order chi connectivity index (χ1) is 5.04. The van der Waals surface area contributed by atoms with Gasteiger partial charge in [0.15, 0.2) is 0 Å². The predicted octanol–water partition coefficient (Wildman–Crippen LogP) is 3.71. The van der Waals surface area contributed by atoms with Gasteiger partial charge in [0.25, 0.3) is 0 Å². The van der Waals surface area contributed by atoms with Crippen molar-refractivity contribution in [2.24, 2.45) is 0 Å². The van der Waals surface area contributed by atoms with Crippen molar-refractivity contribution in [1.29, 1.82) is 0 Å². The SMILES string of the molecule is C=C[Si](C)(C)C(=C)CCCC. The van der Waals surface area contributed by atoms with Crippen LogP contribution in [0.5, 0.6) is 0 Å². The molecule has 0 heterocycles. The predicted molar refractivity (Wildman–Crippen MR) is 56.3 cm³/mol. The zero-order valence-corrected chi connectivity index (χ0v) is 9.11. The highest BCUT2D eigenvalue weighted by Gasteiger charge is 2.18. The van der Waals surface area contributed by atoms with Crippen molar-refractivity contribution in [2.75, 3.05) is 0 Å². The summed E-state index contributed by atoms with van der Waals surface area (Å²) in [7, 11) is -1.25. The van der Waals surface area contributed by atoms with Crippen LogP contribution in [0, 0.1) is 0 Å². The Balaban J connectivity index is 3.91. The molecule has 0 aromatic rings. The minimum atomic E-state index is -1.25. The van der Waals surface area contributed by atoms with Crippen molar-refractivity contribution in [2.45, 2.75) is 39.3 Å². The van der Waals surface area contributed by atoms with Crippen LogP contribution in [0.3, 0.4) is 0 Å². The quantitative estimate of drug-likeness (QED) is 0.549. The normalized spacial score (nSPS) is 11.2. The average Bonchev–Trinajstić information content (AvgIpc) is 2.00. The molecule has 0 rings (SSSR count). The van der Waals surface area contributed by atoms with E-state index >= 15 is 0 Å². The second-order valence-electron chi connectivity index (χ2n) is 3.63. The fourth-order valence-corrected chi connectivity index (χ4v) is 1.97. The van der Waals surface area contributed by atoms with E-state index in [1.165, 1.54) is 24.5 Å². The van der Waals surface area contributed by atoms with E-state index in [0.29, 0.717) is 0 Å². The largest absolute Gasteiger partial charge is 0.107 e. The number of allylic oxidation sites excluding steroid dienone is 1. The van der Waals surface area contributed by atoms with Gasteiger partial charge in [0, 0.05) is 0 Å². The van der Waals surface area contributed by atoms with E-state index < -0.39 is 8.07 Å². The molecular formula is C10H20Si. The Hall–Kier alpha value is -0.303. The van der Waals surface area contributed by atoms with Gasteiger partial charge < -0.3 is 0 Å². The molecule has 0 unspecified atom stereocenters. The molecule has 64 valence electrons. The van der Waals surface area contributed by atoms with Gasteiger partial charge in [-0.3, -0.25) is 0 Å². The highest BCUT2D eigenvalue weighted by molar-refractivity contribution is 6.88. The molecular weight excluding hydrogens is 148 g/mol. The van der Waals surface area contributed by atoms with Crippen molar-refractivity contribution < 1.29 is 0 Å². The number of unbranched alkanes of at least 4 members (excludes halogenated alkanes) is 1. The van der Waals surface area contributed by atoms with Crippen LogP contribution in [0.1, 0.15) is 26.2 Å². The summed E-state index contributed by atoms with van der Waals surface area (Å²) in [5.74, 6) is 0. The van der Waals surface area contributed by atoms with Gasteiger partial charge in [-0.1, -0.05) is 43.8 Å². The van der Waals surface area contributed by atoms with E-state index in [4.69, 9.17) is 0 Å². The number of hydrogen-bond acceptors (Lipinski definition) is 0. The Morgan fingerprint density at radius 1 is 1.45 bits per heavy atom. The molecule has 0 spiro atoms. The summed E-state index contributed by atoms with van der Waals surface area (Å²) in [6.45, 7) is 14.8. The number of hydrogen-bond donors (Lipinski definition) is 0. The molecule has 0 saturated heterocycles. The smallest absolute Gasteiger partial charge is 0.0976 e. The fraction of sp³-hybridized carbons (Fsp3) is 0.600. The Morgan fingerprint density at radius 2 is 2.00 bits per heavy atom. The maximum atomic E-state index is 4.13. The summed E-state index contributed by atoms with van der Waals surface area (Å²) in [5, 5.41) is 1.44. The molecule has 11 heavy (non-hydrogen) atoms. The second kappa shape index (κ2) is 4.55. The third-order valence-corrected chi connectivity index (χ3v) is 5.35. The third-order valence-electron chi connectivity index (χ3n) is 2.25. The van der Waals surface area contributed by atoms with Crippen molar-refractivity contribution >= 4 is 8.07 Å². The van der Waals surface area contributed by atoms with Gasteiger partial charge in [0.2, 0.25) is 0 Å². The number of rotatable bonds is 5. The van der Waals surface area contributed by atoms with Gasteiger partial charge in [-0.25, -0.2) is 0 Å². The maximum absolute atomic E-state index is 4.13. The van der Waals surface area contributed by atoms with E-state index in [9.17, 15) is 0 Å². The summed E-state index contributed by atoms with van der Waals surface area (Å²) >= 11 is 0. The summed E-state index contributed by atoms with van der Waals surface area (Å²) in [4.78, 5) is 0. The summed E-state index contributed by atoms with van der Waals surface area (Å²) in [6.07, 6.45) is 3.74. The third kappa shape index (κ3) is 3.56. The summed E-state index contributed by atoms with van der Waals surface area (Å²) < 4.78 is 0. The molecule has 0 aliphatic carbocycles. The standard InChI is InChI=1S/C10H20Si/c1-6-8-9-10(3)11(4,5)7-2/h7H,2-3,6,8-9H2,1,4-5H3. The lowest BCUT2D eigenvalue weighted by atomic mass is 10.2. The Labute approximate surface area is 72.0 Å². The van der Waals surface area contributed by atoms with E-state index in [1.807, 2.05) is 0 Å². The summed E-state index contributed by atoms with van der Waals surface area (Å²) in [5.41, 5.74) is 2.12. The molecule has 0 nitrogen and oxygen atoms in total. The topological polar surface area (TPSA) is 0 Å². The van der Waals surface area contributed by atoms with Crippen LogP contribution in [-0.4, -0.2) is 8.07 Å². The molecule has 0 bridgehead atoms. The van der Waals surface area contributed by atoms with Gasteiger partial charge in [-0.15, -0.1) is 13.2 Å². The van der Waals surface area contributed by atoms with Crippen LogP contribution in [-0.2, 0) is 0 Å². The molecule has 0 aliphatic rings. The van der Waals surface area contributed by atoms with E-state index in [-0.39, 0.29) is 0 Å². The highest BCUT2D eigenvalue weighted by atomic mass is 28.3. The van der Waals surface area contributed by atoms with Crippen LogP contribution in [0.2, 0.25) is 13.1 Å². The lowest BCUT2D eigenvalue weighted by Crippen LogP contribution is -2.25. The molecule has 1 heteroatoms. The van der Waals surface area contributed by atoms with Gasteiger partial charge in [0.1, 0.15) is 0 Å². The molecule has 0 aliphatic heterocycles. The second-order valence-corrected chi connectivity index (χ2v) is 8.19. The van der Waals surface area contributed by atoms with Crippen LogP contribution >= 0.6 is 0 Å². The first-order valence-electron chi connectivity index (χ1n) is 4.36. The molecule has 0 fully saturated rings. The Morgan fingerprint density at radius 3 is 2.36 bits per heavy atom. The minimum absolute atomic E-state index is 1.20. The first kappa shape index (κ1) is 10.7. The zero-order chi connectivity index (χ0) is 8.91. The fourth-order valence-electron chi connectivity index (χ4n) is 0.857.